The van der Waals surface area contributed by atoms with E-state index in [1.165, 1.54) is 0 Å². The summed E-state index contributed by atoms with van der Waals surface area (Å²) in [5, 5.41) is 13.5. The van der Waals surface area contributed by atoms with Crippen LogP contribution in [0.2, 0.25) is 0 Å². The molecule has 0 fully saturated rings. The van der Waals surface area contributed by atoms with Crippen molar-refractivity contribution in [3.8, 4) is 0 Å². The fourth-order valence-corrected chi connectivity index (χ4v) is 2.44. The lowest BCUT2D eigenvalue weighted by Crippen LogP contribution is -2.48. The average molecular weight is 523 g/mol. The molecule has 0 saturated carbocycles. The first kappa shape index (κ1) is 27.5. The van der Waals surface area contributed by atoms with Crippen molar-refractivity contribution in [1.82, 2.24) is 21.1 Å². The van der Waals surface area contributed by atoms with Crippen molar-refractivity contribution in [2.45, 2.75) is 84.9 Å². The number of nitrogens with zero attached hydrogens (tertiary/aromatic N) is 2. The van der Waals surface area contributed by atoms with Crippen LogP contribution in [0.15, 0.2) is 15.6 Å². The molecule has 1 heterocycles. The lowest BCUT2D eigenvalue weighted by Gasteiger charge is -2.24. The summed E-state index contributed by atoms with van der Waals surface area (Å²) in [6.45, 7) is 12.8. The van der Waals surface area contributed by atoms with E-state index in [4.69, 9.17) is 9.26 Å². The van der Waals surface area contributed by atoms with Crippen LogP contribution in [0.1, 0.15) is 78.2 Å². The minimum Gasteiger partial charge on any atom is -0.444 e. The third-order valence-corrected chi connectivity index (χ3v) is 3.96. The lowest BCUT2D eigenvalue weighted by molar-refractivity contribution is 0.0523. The summed E-state index contributed by atoms with van der Waals surface area (Å²) in [7, 11) is 1.72. The molecule has 0 bridgehead atoms. The maximum Gasteiger partial charge on any atom is 0.407 e. The van der Waals surface area contributed by atoms with Gasteiger partial charge in [0.1, 0.15) is 5.60 Å². The van der Waals surface area contributed by atoms with Gasteiger partial charge in [0.15, 0.2) is 11.7 Å². The number of hydrogen-bond acceptors (Lipinski definition) is 5. The van der Waals surface area contributed by atoms with Gasteiger partial charge >= 0.3 is 6.09 Å². The van der Waals surface area contributed by atoms with Crippen LogP contribution < -0.4 is 16.0 Å². The molecule has 1 atom stereocenters. The summed E-state index contributed by atoms with van der Waals surface area (Å²) in [5.74, 6) is 1.73. The van der Waals surface area contributed by atoms with Crippen molar-refractivity contribution in [2.24, 2.45) is 4.99 Å². The van der Waals surface area contributed by atoms with Crippen LogP contribution in [-0.2, 0) is 11.3 Å². The minimum atomic E-state index is -0.514. The van der Waals surface area contributed by atoms with Gasteiger partial charge in [-0.25, -0.2) is 4.79 Å². The molecular weight excluding hydrogens is 485 g/mol. The van der Waals surface area contributed by atoms with Crippen molar-refractivity contribution in [3.05, 3.63) is 17.5 Å². The van der Waals surface area contributed by atoms with E-state index >= 15 is 0 Å². The van der Waals surface area contributed by atoms with Gasteiger partial charge in [0.25, 0.3) is 0 Å². The predicted octanol–water partition coefficient (Wildman–Crippen LogP) is 4.16. The van der Waals surface area contributed by atoms with Gasteiger partial charge in [0.2, 0.25) is 0 Å². The van der Waals surface area contributed by atoms with E-state index in [0.29, 0.717) is 25.0 Å². The van der Waals surface area contributed by atoms with Crippen LogP contribution in [0.25, 0.3) is 0 Å². The van der Waals surface area contributed by atoms with E-state index in [9.17, 15) is 4.79 Å². The fourth-order valence-electron chi connectivity index (χ4n) is 2.44. The number of hydrogen-bond donors (Lipinski definition) is 3. The molecule has 1 aromatic heterocycles. The van der Waals surface area contributed by atoms with E-state index in [1.54, 1.807) is 7.05 Å². The van der Waals surface area contributed by atoms with Crippen LogP contribution in [0, 0.1) is 0 Å². The summed E-state index contributed by atoms with van der Waals surface area (Å²) < 4.78 is 10.7. The number of alkyl carbamates (subject to hydrolysis) is 1. The molecule has 3 N–H and O–H groups in total. The van der Waals surface area contributed by atoms with Gasteiger partial charge in [-0.05, 0) is 33.1 Å². The van der Waals surface area contributed by atoms with Crippen molar-refractivity contribution < 1.29 is 14.1 Å². The first-order valence-corrected chi connectivity index (χ1v) is 10.0. The van der Waals surface area contributed by atoms with Crippen molar-refractivity contribution in [2.75, 3.05) is 13.6 Å². The zero-order chi connectivity index (χ0) is 21.2. The van der Waals surface area contributed by atoms with Crippen molar-refractivity contribution in [1.29, 1.82) is 0 Å². The standard InChI is InChI=1S/C20H37N5O3.HI/c1-8-9-10-15(12-23-19(26)27-20(4,5)6)24-18(21-7)22-13-16-11-17(14(2)3)25-28-16;/h11,14-15H,8-10,12-13H2,1-7H3,(H,23,26)(H2,21,22,24);1H. The van der Waals surface area contributed by atoms with Crippen molar-refractivity contribution in [3.63, 3.8) is 0 Å². The Morgan fingerprint density at radius 3 is 2.52 bits per heavy atom. The Balaban J connectivity index is 0.00000784. The predicted molar refractivity (Wildman–Crippen MR) is 127 cm³/mol. The molecule has 0 spiro atoms. The van der Waals surface area contributed by atoms with E-state index < -0.39 is 11.7 Å². The van der Waals surface area contributed by atoms with E-state index in [1.807, 2.05) is 26.8 Å². The smallest absolute Gasteiger partial charge is 0.407 e. The number of rotatable bonds is 9. The third kappa shape index (κ3) is 11.9. The maximum atomic E-state index is 11.9. The number of unbranched alkanes of at least 4 members (excludes halogenated alkanes) is 1. The number of nitrogens with one attached hydrogen (secondary N) is 3. The zero-order valence-corrected chi connectivity index (χ0v) is 21.1. The highest BCUT2D eigenvalue weighted by Crippen LogP contribution is 2.13. The molecule has 1 aromatic rings. The molecule has 0 saturated heterocycles. The number of aliphatic imine (C=N–C) groups is 1. The van der Waals surface area contributed by atoms with Gasteiger partial charge in [-0.2, -0.15) is 0 Å². The van der Waals surface area contributed by atoms with Gasteiger partial charge in [0, 0.05) is 25.7 Å². The summed E-state index contributed by atoms with van der Waals surface area (Å²) in [4.78, 5) is 16.2. The number of amides is 1. The number of ether oxygens (including phenoxy) is 1. The molecule has 9 heteroatoms. The highest BCUT2D eigenvalue weighted by molar-refractivity contribution is 14.0. The molecule has 1 rings (SSSR count). The van der Waals surface area contributed by atoms with E-state index in [0.717, 1.165) is 30.7 Å². The topological polar surface area (TPSA) is 101 Å². The SMILES string of the molecule is CCCCC(CNC(=O)OC(C)(C)C)NC(=NC)NCc1cc(C(C)C)no1.I. The zero-order valence-electron chi connectivity index (χ0n) is 18.8. The third-order valence-electron chi connectivity index (χ3n) is 3.96. The molecule has 1 amide bonds. The minimum absolute atomic E-state index is 0. The second-order valence-electron chi connectivity index (χ2n) is 8.16. The van der Waals surface area contributed by atoms with Crippen molar-refractivity contribution >= 4 is 36.0 Å². The Hall–Kier alpha value is -1.52. The summed E-state index contributed by atoms with van der Waals surface area (Å²) in [5.41, 5.74) is 0.419. The lowest BCUT2D eigenvalue weighted by atomic mass is 10.1. The van der Waals surface area contributed by atoms with Gasteiger partial charge in [-0.15, -0.1) is 24.0 Å². The van der Waals surface area contributed by atoms with Crippen LogP contribution in [0.4, 0.5) is 4.79 Å². The normalized spacial score (nSPS) is 12.9. The number of halogens is 1. The Morgan fingerprint density at radius 2 is 2.00 bits per heavy atom. The molecule has 0 radical (unpaired) electrons. The van der Waals surface area contributed by atoms with Crippen LogP contribution in [0.3, 0.4) is 0 Å². The largest absolute Gasteiger partial charge is 0.444 e. The Kier molecular flexibility index (Phi) is 12.9. The van der Waals surface area contributed by atoms with Crippen LogP contribution in [-0.4, -0.2) is 42.4 Å². The monoisotopic (exact) mass is 523 g/mol. The first-order valence-electron chi connectivity index (χ1n) is 10.0. The Labute approximate surface area is 192 Å². The Morgan fingerprint density at radius 1 is 1.31 bits per heavy atom. The molecule has 29 heavy (non-hydrogen) atoms. The van der Waals surface area contributed by atoms with Gasteiger partial charge in [0.05, 0.1) is 12.2 Å². The van der Waals surface area contributed by atoms with E-state index in [2.05, 4.69) is 46.9 Å². The van der Waals surface area contributed by atoms with E-state index in [-0.39, 0.29) is 30.0 Å². The van der Waals surface area contributed by atoms with Crippen LogP contribution in [0.5, 0.6) is 0 Å². The number of aromatic nitrogens is 1. The second-order valence-corrected chi connectivity index (χ2v) is 8.16. The Bertz CT molecular complexity index is 626. The highest BCUT2D eigenvalue weighted by atomic mass is 127. The first-order chi connectivity index (χ1) is 13.1. The fraction of sp³-hybridized carbons (Fsp3) is 0.750. The average Bonchev–Trinajstić information content (AvgIpc) is 3.08. The molecule has 1 unspecified atom stereocenters. The second kappa shape index (κ2) is 13.7. The maximum absolute atomic E-state index is 11.9. The number of carbonyl (C=O) groups excluding carboxylic acids is 1. The molecule has 8 nitrogen and oxygen atoms in total. The number of guanidine groups is 1. The molecule has 0 aliphatic rings. The molecule has 168 valence electrons. The quantitative estimate of drug-likeness (QED) is 0.255. The molecule has 0 aliphatic heterocycles. The van der Waals surface area contributed by atoms with Gasteiger partial charge in [-0.3, -0.25) is 4.99 Å². The highest BCUT2D eigenvalue weighted by Gasteiger charge is 2.18. The summed E-state index contributed by atoms with van der Waals surface area (Å²) >= 11 is 0. The molecular formula is C20H38IN5O3. The number of carbonyl (C=O) groups is 1. The van der Waals surface area contributed by atoms with Crippen LogP contribution >= 0.6 is 24.0 Å². The molecule has 0 aliphatic carbocycles. The summed E-state index contributed by atoms with van der Waals surface area (Å²) in [6.07, 6.45) is 2.62. The summed E-state index contributed by atoms with van der Waals surface area (Å²) in [6, 6.07) is 1.99. The van der Waals surface area contributed by atoms with Gasteiger partial charge in [-0.1, -0.05) is 38.8 Å². The van der Waals surface area contributed by atoms with Gasteiger partial charge < -0.3 is 25.2 Å². The molecule has 0 aromatic carbocycles.